The second-order valence-electron chi connectivity index (χ2n) is 7.66. The third-order valence-corrected chi connectivity index (χ3v) is 6.54. The normalized spacial score (nSPS) is 12.0. The molecule has 0 bridgehead atoms. The number of methoxy groups -OCH3 is 1. The summed E-state index contributed by atoms with van der Waals surface area (Å²) < 4.78 is 49.2. The van der Waals surface area contributed by atoms with E-state index in [-0.39, 0.29) is 35.0 Å². The quantitative estimate of drug-likeness (QED) is 0.408. The summed E-state index contributed by atoms with van der Waals surface area (Å²) in [6, 6.07) is 17.9. The molecule has 3 rings (SSSR count). The zero-order valence-corrected chi connectivity index (χ0v) is 20.0. The summed E-state index contributed by atoms with van der Waals surface area (Å²) in [4.78, 5) is 14.5. The minimum absolute atomic E-state index is 0.0307. The summed E-state index contributed by atoms with van der Waals surface area (Å²) in [5.74, 6) is -0.382. The Balaban J connectivity index is 1.86. The van der Waals surface area contributed by atoms with Crippen LogP contribution in [-0.4, -0.2) is 32.5 Å². The second kappa shape index (κ2) is 11.0. The number of carbonyl (C=O) groups excluding carboxylic acids is 1. The van der Waals surface area contributed by atoms with E-state index in [1.165, 1.54) is 13.2 Å². The van der Waals surface area contributed by atoms with Crippen molar-refractivity contribution < 1.29 is 26.5 Å². The molecule has 34 heavy (non-hydrogen) atoms. The highest BCUT2D eigenvalue weighted by Gasteiger charge is 2.23. The van der Waals surface area contributed by atoms with Gasteiger partial charge in [0.25, 0.3) is 0 Å². The molecule has 0 aliphatic rings. The molecule has 0 spiro atoms. The Labute approximate surface area is 199 Å². The summed E-state index contributed by atoms with van der Waals surface area (Å²) in [6.07, 6.45) is 0.723. The molecular formula is C25H27FN2O5S. The van der Waals surface area contributed by atoms with Crippen molar-refractivity contribution in [1.82, 2.24) is 4.90 Å². The first-order valence-electron chi connectivity index (χ1n) is 10.7. The molecule has 0 fully saturated rings. The van der Waals surface area contributed by atoms with E-state index >= 15 is 0 Å². The maximum Gasteiger partial charge on any atom is 0.339 e. The first kappa shape index (κ1) is 25.0. The number of amides is 2. The van der Waals surface area contributed by atoms with Gasteiger partial charge in [0.2, 0.25) is 0 Å². The van der Waals surface area contributed by atoms with Gasteiger partial charge < -0.3 is 19.1 Å². The number of ether oxygens (including phenoxy) is 1. The van der Waals surface area contributed by atoms with Crippen LogP contribution >= 0.6 is 0 Å². The van der Waals surface area contributed by atoms with Crippen LogP contribution in [0.3, 0.4) is 0 Å². The van der Waals surface area contributed by atoms with Crippen LogP contribution in [0, 0.1) is 5.82 Å². The van der Waals surface area contributed by atoms with Gasteiger partial charge in [0.1, 0.15) is 10.7 Å². The number of urea groups is 1. The van der Waals surface area contributed by atoms with Gasteiger partial charge in [-0.1, -0.05) is 31.2 Å². The van der Waals surface area contributed by atoms with Gasteiger partial charge in [0.05, 0.1) is 7.11 Å². The molecule has 0 heterocycles. The van der Waals surface area contributed by atoms with Crippen LogP contribution in [0.15, 0.2) is 77.7 Å². The van der Waals surface area contributed by atoms with Crippen molar-refractivity contribution in [3.05, 3.63) is 84.2 Å². The van der Waals surface area contributed by atoms with Crippen molar-refractivity contribution in [2.24, 2.45) is 0 Å². The van der Waals surface area contributed by atoms with Crippen LogP contribution in [0.4, 0.5) is 14.9 Å². The molecule has 1 atom stereocenters. The van der Waals surface area contributed by atoms with E-state index in [2.05, 4.69) is 5.32 Å². The molecule has 0 saturated heterocycles. The smallest absolute Gasteiger partial charge is 0.339 e. The molecule has 9 heteroatoms. The molecule has 2 amide bonds. The van der Waals surface area contributed by atoms with E-state index < -0.39 is 15.9 Å². The lowest BCUT2D eigenvalue weighted by atomic mass is 10.1. The van der Waals surface area contributed by atoms with E-state index in [1.54, 1.807) is 29.2 Å². The molecule has 0 aliphatic heterocycles. The zero-order valence-electron chi connectivity index (χ0n) is 19.2. The molecule has 0 radical (unpaired) electrons. The predicted molar refractivity (Wildman–Crippen MR) is 128 cm³/mol. The number of hydrogen-bond acceptors (Lipinski definition) is 5. The van der Waals surface area contributed by atoms with Crippen molar-refractivity contribution in [2.75, 3.05) is 12.4 Å². The Kier molecular flexibility index (Phi) is 8.12. The summed E-state index contributed by atoms with van der Waals surface area (Å²) >= 11 is 0. The minimum Gasteiger partial charge on any atom is -0.493 e. The third-order valence-electron chi connectivity index (χ3n) is 5.29. The molecule has 0 aliphatic carbocycles. The van der Waals surface area contributed by atoms with Gasteiger partial charge in [-0.05, 0) is 67.4 Å². The number of carbonyl (C=O) groups is 1. The van der Waals surface area contributed by atoms with Crippen molar-refractivity contribution in [1.29, 1.82) is 0 Å². The maximum absolute atomic E-state index is 13.2. The van der Waals surface area contributed by atoms with Crippen molar-refractivity contribution in [3.63, 3.8) is 0 Å². The van der Waals surface area contributed by atoms with Crippen molar-refractivity contribution in [2.45, 2.75) is 37.8 Å². The second-order valence-corrected chi connectivity index (χ2v) is 9.20. The number of nitrogens with zero attached hydrogens (tertiary/aromatic N) is 1. The average molecular weight is 487 g/mol. The number of halogens is 1. The number of nitrogens with one attached hydrogen (secondary N) is 1. The van der Waals surface area contributed by atoms with Gasteiger partial charge >= 0.3 is 16.1 Å². The lowest BCUT2D eigenvalue weighted by molar-refractivity contribution is 0.187. The van der Waals surface area contributed by atoms with Crippen LogP contribution in [0.1, 0.15) is 25.8 Å². The Hall–Kier alpha value is -3.59. The van der Waals surface area contributed by atoms with Gasteiger partial charge in [-0.25, -0.2) is 9.18 Å². The highest BCUT2D eigenvalue weighted by atomic mass is 32.2. The summed E-state index contributed by atoms with van der Waals surface area (Å²) in [5, 5.41) is 2.88. The topological polar surface area (TPSA) is 84.9 Å². The van der Waals surface area contributed by atoms with Crippen LogP contribution < -0.4 is 14.2 Å². The number of benzene rings is 3. The van der Waals surface area contributed by atoms with Gasteiger partial charge in [-0.2, -0.15) is 8.42 Å². The Morgan fingerprint density at radius 3 is 2.32 bits per heavy atom. The first-order chi connectivity index (χ1) is 16.2. The van der Waals surface area contributed by atoms with E-state index in [1.807, 2.05) is 32.0 Å². The van der Waals surface area contributed by atoms with E-state index in [0.29, 0.717) is 11.3 Å². The molecule has 180 valence electrons. The Morgan fingerprint density at radius 2 is 1.71 bits per heavy atom. The number of anilines is 1. The van der Waals surface area contributed by atoms with Crippen molar-refractivity contribution >= 4 is 21.8 Å². The van der Waals surface area contributed by atoms with Gasteiger partial charge in [0.15, 0.2) is 11.5 Å². The predicted octanol–water partition coefficient (Wildman–Crippen LogP) is 5.43. The van der Waals surface area contributed by atoms with Gasteiger partial charge in [0, 0.05) is 18.3 Å². The van der Waals surface area contributed by atoms with Crippen LogP contribution in [0.5, 0.6) is 11.5 Å². The van der Waals surface area contributed by atoms with Crippen LogP contribution in [0.2, 0.25) is 0 Å². The highest BCUT2D eigenvalue weighted by Crippen LogP contribution is 2.31. The van der Waals surface area contributed by atoms with Crippen LogP contribution in [0.25, 0.3) is 0 Å². The SMILES string of the molecule is CC[C@@H](C)N(Cc1ccc(OC)c(OS(=O)(=O)c2ccc(F)cc2)c1)C(=O)Nc1ccccc1. The number of rotatable bonds is 9. The lowest BCUT2D eigenvalue weighted by Gasteiger charge is -2.29. The Morgan fingerprint density at radius 1 is 1.03 bits per heavy atom. The summed E-state index contributed by atoms with van der Waals surface area (Å²) in [7, 11) is -2.83. The number of hydrogen-bond donors (Lipinski definition) is 1. The van der Waals surface area contributed by atoms with Gasteiger partial charge in [-0.3, -0.25) is 0 Å². The largest absolute Gasteiger partial charge is 0.493 e. The zero-order chi connectivity index (χ0) is 24.7. The summed E-state index contributed by atoms with van der Waals surface area (Å²) in [6.45, 7) is 4.13. The molecule has 7 nitrogen and oxygen atoms in total. The highest BCUT2D eigenvalue weighted by molar-refractivity contribution is 7.87. The molecule has 3 aromatic carbocycles. The molecule has 0 aromatic heterocycles. The first-order valence-corrected chi connectivity index (χ1v) is 12.1. The fourth-order valence-corrected chi connectivity index (χ4v) is 4.15. The fraction of sp³-hybridized carbons (Fsp3) is 0.240. The molecule has 1 N–H and O–H groups in total. The van der Waals surface area contributed by atoms with E-state index in [4.69, 9.17) is 8.92 Å². The molecule has 0 unspecified atom stereocenters. The minimum atomic E-state index is -4.23. The average Bonchev–Trinajstić information content (AvgIpc) is 2.83. The molecule has 0 saturated carbocycles. The van der Waals surface area contributed by atoms with Crippen molar-refractivity contribution in [3.8, 4) is 11.5 Å². The standard InChI is InChI=1S/C25H27FN2O5S/c1-4-18(2)28(25(29)27-21-8-6-5-7-9-21)17-19-10-15-23(32-3)24(16-19)33-34(30,31)22-13-11-20(26)12-14-22/h5-16,18H,4,17H2,1-3H3,(H,27,29)/t18-/m1/s1. The molecular weight excluding hydrogens is 459 g/mol. The van der Waals surface area contributed by atoms with E-state index in [9.17, 15) is 17.6 Å². The monoisotopic (exact) mass is 486 g/mol. The molecule has 3 aromatic rings. The lowest BCUT2D eigenvalue weighted by Crippen LogP contribution is -2.40. The number of para-hydroxylation sites is 1. The van der Waals surface area contributed by atoms with Crippen LogP contribution in [-0.2, 0) is 16.7 Å². The Bertz CT molecular complexity index is 1220. The maximum atomic E-state index is 13.2. The third kappa shape index (κ3) is 6.26. The summed E-state index contributed by atoms with van der Waals surface area (Å²) in [5.41, 5.74) is 1.32. The van der Waals surface area contributed by atoms with Gasteiger partial charge in [-0.15, -0.1) is 0 Å². The fourth-order valence-electron chi connectivity index (χ4n) is 3.21. The van der Waals surface area contributed by atoms with E-state index in [0.717, 1.165) is 30.7 Å².